The quantitative estimate of drug-likeness (QED) is 0.200. The monoisotopic (exact) mass is 591 g/mol. The first-order valence-corrected chi connectivity index (χ1v) is 16.1. The molecule has 45 heavy (non-hydrogen) atoms. The van der Waals surface area contributed by atoms with Crippen molar-refractivity contribution in [2.24, 2.45) is 0 Å². The molecule has 3 heteroatoms. The predicted molar refractivity (Wildman–Crippen MR) is 192 cm³/mol. The fraction of sp³-hybridized carbons (Fsp3) is 0. The van der Waals surface area contributed by atoms with E-state index in [1.807, 2.05) is 11.3 Å². The third-order valence-electron chi connectivity index (χ3n) is 9.21. The minimum atomic E-state index is 0.921. The van der Waals surface area contributed by atoms with E-state index in [0.29, 0.717) is 0 Å². The van der Waals surface area contributed by atoms with Gasteiger partial charge in [-0.2, -0.15) is 0 Å². The zero-order chi connectivity index (χ0) is 29.5. The van der Waals surface area contributed by atoms with E-state index in [-0.39, 0.29) is 0 Å². The number of benzene rings is 7. The SMILES string of the molecule is c1ccc(-n2c3ccccc3c3oc4c(-c5ccc(-c6ccc7c(c6)sc6ccc8ccccc8c67)cc5)cccc4c32)cc1. The molecule has 0 saturated carbocycles. The number of furan rings is 1. The number of aromatic nitrogens is 1. The summed E-state index contributed by atoms with van der Waals surface area (Å²) in [7, 11) is 0. The van der Waals surface area contributed by atoms with Crippen molar-refractivity contribution in [1.29, 1.82) is 0 Å². The molecule has 0 unspecified atom stereocenters. The summed E-state index contributed by atoms with van der Waals surface area (Å²) in [5.41, 5.74) is 9.93. The summed E-state index contributed by atoms with van der Waals surface area (Å²) in [5, 5.41) is 7.55. The first-order valence-electron chi connectivity index (χ1n) is 15.3. The van der Waals surface area contributed by atoms with Crippen LogP contribution >= 0.6 is 11.3 Å². The Morgan fingerprint density at radius 3 is 2.09 bits per heavy atom. The average molecular weight is 592 g/mol. The van der Waals surface area contributed by atoms with Gasteiger partial charge in [0, 0.05) is 42.2 Å². The molecule has 0 spiro atoms. The van der Waals surface area contributed by atoms with Crippen LogP contribution in [0.3, 0.4) is 0 Å². The number of hydrogen-bond donors (Lipinski definition) is 0. The van der Waals surface area contributed by atoms with E-state index in [9.17, 15) is 0 Å². The maximum Gasteiger partial charge on any atom is 0.161 e. The molecular weight excluding hydrogens is 567 g/mol. The van der Waals surface area contributed by atoms with Crippen LogP contribution in [0.1, 0.15) is 0 Å². The summed E-state index contributed by atoms with van der Waals surface area (Å²) < 4.78 is 11.7. The maximum absolute atomic E-state index is 6.76. The maximum atomic E-state index is 6.76. The van der Waals surface area contributed by atoms with Gasteiger partial charge in [0.2, 0.25) is 0 Å². The van der Waals surface area contributed by atoms with E-state index in [1.54, 1.807) is 0 Å². The zero-order valence-corrected chi connectivity index (χ0v) is 25.0. The van der Waals surface area contributed by atoms with Crippen LogP contribution in [0.15, 0.2) is 156 Å². The highest BCUT2D eigenvalue weighted by Crippen LogP contribution is 2.43. The Balaban J connectivity index is 1.09. The lowest BCUT2D eigenvalue weighted by molar-refractivity contribution is 0.674. The summed E-state index contributed by atoms with van der Waals surface area (Å²) in [6.45, 7) is 0. The summed E-state index contributed by atoms with van der Waals surface area (Å²) in [5.74, 6) is 0. The largest absolute Gasteiger partial charge is 0.453 e. The first-order chi connectivity index (χ1) is 22.3. The van der Waals surface area contributed by atoms with Gasteiger partial charge in [0.05, 0.1) is 5.52 Å². The van der Waals surface area contributed by atoms with Gasteiger partial charge in [-0.15, -0.1) is 11.3 Å². The molecule has 0 bridgehead atoms. The van der Waals surface area contributed by atoms with Gasteiger partial charge in [0.25, 0.3) is 0 Å². The summed E-state index contributed by atoms with van der Waals surface area (Å²) >= 11 is 1.88. The molecule has 2 nitrogen and oxygen atoms in total. The van der Waals surface area contributed by atoms with Crippen LogP contribution < -0.4 is 0 Å². The fourth-order valence-corrected chi connectivity index (χ4v) is 8.29. The number of rotatable bonds is 3. The Labute approximate surface area is 263 Å². The van der Waals surface area contributed by atoms with Crippen LogP contribution in [-0.4, -0.2) is 4.57 Å². The van der Waals surface area contributed by atoms with Gasteiger partial charge in [-0.1, -0.05) is 109 Å². The molecule has 0 radical (unpaired) electrons. The van der Waals surface area contributed by atoms with Gasteiger partial charge < -0.3 is 8.98 Å². The molecule has 10 rings (SSSR count). The lowest BCUT2D eigenvalue weighted by atomic mass is 9.98. The van der Waals surface area contributed by atoms with Crippen LogP contribution in [-0.2, 0) is 0 Å². The minimum Gasteiger partial charge on any atom is -0.453 e. The molecule has 10 aromatic rings. The van der Waals surface area contributed by atoms with Crippen LogP contribution in [0, 0.1) is 0 Å². The minimum absolute atomic E-state index is 0.921. The third kappa shape index (κ3) is 3.62. The first kappa shape index (κ1) is 24.8. The third-order valence-corrected chi connectivity index (χ3v) is 10.3. The Morgan fingerprint density at radius 2 is 1.20 bits per heavy atom. The number of fused-ring (bicyclic) bond motifs is 10. The molecule has 0 amide bonds. The molecular formula is C42H25NOS. The second-order valence-corrected chi connectivity index (χ2v) is 12.8. The van der Waals surface area contributed by atoms with Crippen molar-refractivity contribution in [3.63, 3.8) is 0 Å². The second-order valence-electron chi connectivity index (χ2n) is 11.7. The van der Waals surface area contributed by atoms with E-state index in [2.05, 4.69) is 156 Å². The molecule has 0 atom stereocenters. The Morgan fingerprint density at radius 1 is 0.467 bits per heavy atom. The van der Waals surface area contributed by atoms with E-state index in [1.165, 1.54) is 42.1 Å². The molecule has 210 valence electrons. The van der Waals surface area contributed by atoms with Crippen LogP contribution in [0.4, 0.5) is 0 Å². The van der Waals surface area contributed by atoms with Crippen molar-refractivity contribution in [3.05, 3.63) is 152 Å². The second kappa shape index (κ2) is 9.43. The Bertz CT molecular complexity index is 2740. The van der Waals surface area contributed by atoms with E-state index < -0.39 is 0 Å². The molecule has 0 aliphatic rings. The number of hydrogen-bond acceptors (Lipinski definition) is 2. The molecule has 0 N–H and O–H groups in total. The van der Waals surface area contributed by atoms with Crippen molar-refractivity contribution in [1.82, 2.24) is 4.57 Å². The molecule has 0 saturated heterocycles. The smallest absolute Gasteiger partial charge is 0.161 e. The average Bonchev–Trinajstić information content (AvgIpc) is 3.77. The summed E-state index contributed by atoms with van der Waals surface area (Å²) in [6.07, 6.45) is 0. The van der Waals surface area contributed by atoms with E-state index in [4.69, 9.17) is 4.42 Å². The van der Waals surface area contributed by atoms with Gasteiger partial charge >= 0.3 is 0 Å². The molecule has 0 fully saturated rings. The standard InChI is InChI=1S/C42H25NOS/c1-2-10-30(11-3-1)43-36-16-7-6-13-33(36)42-40(43)35-15-8-14-32(41(35)44-42)28-19-17-26(18-20-28)29-21-23-34-38(25-29)45-37-24-22-27-9-4-5-12-31(27)39(34)37/h1-25H. The van der Waals surface area contributed by atoms with Crippen molar-refractivity contribution in [2.45, 2.75) is 0 Å². The van der Waals surface area contributed by atoms with Crippen LogP contribution in [0.2, 0.25) is 0 Å². The molecule has 3 aromatic heterocycles. The number of para-hydroxylation sites is 3. The highest BCUT2D eigenvalue weighted by molar-refractivity contribution is 7.26. The number of thiophene rings is 1. The Hall–Kier alpha value is -5.64. The van der Waals surface area contributed by atoms with Crippen molar-refractivity contribution in [3.8, 4) is 27.9 Å². The van der Waals surface area contributed by atoms with Gasteiger partial charge in [0.1, 0.15) is 11.1 Å². The van der Waals surface area contributed by atoms with Crippen molar-refractivity contribution in [2.75, 3.05) is 0 Å². The Kier molecular flexibility index (Phi) is 5.19. The van der Waals surface area contributed by atoms with Gasteiger partial charge in [-0.05, 0) is 69.9 Å². The fourth-order valence-electron chi connectivity index (χ4n) is 7.13. The van der Waals surface area contributed by atoms with Crippen LogP contribution in [0.5, 0.6) is 0 Å². The van der Waals surface area contributed by atoms with Crippen LogP contribution in [0.25, 0.3) is 91.9 Å². The lowest BCUT2D eigenvalue weighted by Crippen LogP contribution is -1.92. The number of nitrogens with zero attached hydrogens (tertiary/aromatic N) is 1. The topological polar surface area (TPSA) is 18.1 Å². The highest BCUT2D eigenvalue weighted by atomic mass is 32.1. The molecule has 0 aliphatic carbocycles. The predicted octanol–water partition coefficient (Wildman–Crippen LogP) is 12.4. The van der Waals surface area contributed by atoms with Gasteiger partial charge in [-0.3, -0.25) is 0 Å². The molecule has 3 heterocycles. The summed E-state index contributed by atoms with van der Waals surface area (Å²) in [4.78, 5) is 0. The van der Waals surface area contributed by atoms with E-state index >= 15 is 0 Å². The van der Waals surface area contributed by atoms with Crippen molar-refractivity contribution < 1.29 is 4.42 Å². The normalized spacial score (nSPS) is 12.0. The molecule has 7 aromatic carbocycles. The highest BCUT2D eigenvalue weighted by Gasteiger charge is 2.21. The lowest BCUT2D eigenvalue weighted by Gasteiger charge is -2.08. The van der Waals surface area contributed by atoms with Gasteiger partial charge in [0.15, 0.2) is 5.58 Å². The zero-order valence-electron chi connectivity index (χ0n) is 24.2. The van der Waals surface area contributed by atoms with E-state index in [0.717, 1.165) is 49.8 Å². The van der Waals surface area contributed by atoms with Gasteiger partial charge in [-0.25, -0.2) is 0 Å². The van der Waals surface area contributed by atoms with Crippen molar-refractivity contribution >= 4 is 75.3 Å². The summed E-state index contributed by atoms with van der Waals surface area (Å²) in [6, 6.07) is 54.6. The molecule has 0 aliphatic heterocycles.